The van der Waals surface area contributed by atoms with E-state index in [1.165, 1.54) is 7.05 Å². The highest BCUT2D eigenvalue weighted by Crippen LogP contribution is 2.04. The van der Waals surface area contributed by atoms with E-state index in [9.17, 15) is 14.4 Å². The van der Waals surface area contributed by atoms with Gasteiger partial charge >= 0.3 is 5.97 Å². The number of carboxylic acids is 1. The normalized spacial score (nSPS) is 11.4. The molecule has 20 heavy (non-hydrogen) atoms. The maximum Gasteiger partial charge on any atom is 0.303 e. The minimum Gasteiger partial charge on any atom is -0.481 e. The fourth-order valence-electron chi connectivity index (χ4n) is 1.72. The van der Waals surface area contributed by atoms with Crippen LogP contribution in [0.3, 0.4) is 0 Å². The second kappa shape index (κ2) is 7.93. The van der Waals surface area contributed by atoms with Crippen LogP contribution in [0.25, 0.3) is 0 Å². The topological polar surface area (TPSA) is 95.5 Å². The van der Waals surface area contributed by atoms with Crippen molar-refractivity contribution in [1.82, 2.24) is 10.6 Å². The maximum absolute atomic E-state index is 11.7. The van der Waals surface area contributed by atoms with E-state index in [1.807, 2.05) is 30.3 Å². The Hall–Kier alpha value is -2.37. The number of hydrogen-bond donors (Lipinski definition) is 3. The Balaban J connectivity index is 2.63. The molecule has 1 rings (SSSR count). The van der Waals surface area contributed by atoms with Crippen molar-refractivity contribution in [2.24, 2.45) is 0 Å². The van der Waals surface area contributed by atoms with Crippen LogP contribution < -0.4 is 10.6 Å². The van der Waals surface area contributed by atoms with Crippen molar-refractivity contribution in [3.63, 3.8) is 0 Å². The highest BCUT2D eigenvalue weighted by molar-refractivity contribution is 5.88. The van der Waals surface area contributed by atoms with Crippen LogP contribution >= 0.6 is 0 Å². The maximum atomic E-state index is 11.7. The monoisotopic (exact) mass is 278 g/mol. The molecule has 0 aliphatic rings. The summed E-state index contributed by atoms with van der Waals surface area (Å²) in [5.41, 5.74) is 0.916. The Morgan fingerprint density at radius 3 is 2.35 bits per heavy atom. The van der Waals surface area contributed by atoms with Crippen molar-refractivity contribution in [1.29, 1.82) is 0 Å². The average Bonchev–Trinajstić information content (AvgIpc) is 2.44. The molecule has 1 unspecified atom stereocenters. The van der Waals surface area contributed by atoms with Crippen molar-refractivity contribution in [3.05, 3.63) is 35.9 Å². The molecule has 0 heterocycles. The van der Waals surface area contributed by atoms with E-state index >= 15 is 0 Å². The molecule has 0 spiro atoms. The molecule has 1 aromatic carbocycles. The third kappa shape index (κ3) is 5.51. The molecule has 3 N–H and O–H groups in total. The van der Waals surface area contributed by atoms with Crippen LogP contribution in [0.1, 0.15) is 18.4 Å². The van der Waals surface area contributed by atoms with Gasteiger partial charge in [0.15, 0.2) is 0 Å². The van der Waals surface area contributed by atoms with Crippen LogP contribution in [0.4, 0.5) is 0 Å². The smallest absolute Gasteiger partial charge is 0.303 e. The molecule has 0 radical (unpaired) electrons. The van der Waals surface area contributed by atoms with Gasteiger partial charge in [-0.1, -0.05) is 30.3 Å². The molecule has 0 aliphatic heterocycles. The summed E-state index contributed by atoms with van der Waals surface area (Å²) in [4.78, 5) is 33.8. The lowest BCUT2D eigenvalue weighted by Crippen LogP contribution is -2.47. The Labute approximate surface area is 117 Å². The van der Waals surface area contributed by atoms with Gasteiger partial charge in [0, 0.05) is 19.9 Å². The predicted molar refractivity (Wildman–Crippen MR) is 73.0 cm³/mol. The summed E-state index contributed by atoms with van der Waals surface area (Å²) in [6, 6.07) is 8.58. The van der Waals surface area contributed by atoms with Gasteiger partial charge in [-0.25, -0.2) is 0 Å². The number of carbonyl (C=O) groups is 3. The van der Waals surface area contributed by atoms with Gasteiger partial charge in [0.25, 0.3) is 0 Å². The summed E-state index contributed by atoms with van der Waals surface area (Å²) < 4.78 is 0. The fraction of sp³-hybridized carbons (Fsp3) is 0.357. The molecule has 2 amide bonds. The third-order valence-electron chi connectivity index (χ3n) is 2.75. The van der Waals surface area contributed by atoms with Crippen molar-refractivity contribution in [2.45, 2.75) is 25.3 Å². The van der Waals surface area contributed by atoms with E-state index in [0.717, 1.165) is 5.56 Å². The van der Waals surface area contributed by atoms with Gasteiger partial charge in [-0.2, -0.15) is 0 Å². The van der Waals surface area contributed by atoms with Crippen LogP contribution in [-0.2, 0) is 20.8 Å². The lowest BCUT2D eigenvalue weighted by molar-refractivity contribution is -0.139. The predicted octanol–water partition coefficient (Wildman–Crippen LogP) is 0.325. The molecule has 6 nitrogen and oxygen atoms in total. The van der Waals surface area contributed by atoms with E-state index in [2.05, 4.69) is 10.6 Å². The summed E-state index contributed by atoms with van der Waals surface area (Å²) in [5, 5.41) is 13.6. The molecule has 0 fully saturated rings. The van der Waals surface area contributed by atoms with Crippen molar-refractivity contribution >= 4 is 17.8 Å². The van der Waals surface area contributed by atoms with Crippen LogP contribution in [0.5, 0.6) is 0 Å². The average molecular weight is 278 g/mol. The lowest BCUT2D eigenvalue weighted by atomic mass is 10.1. The van der Waals surface area contributed by atoms with E-state index in [-0.39, 0.29) is 18.7 Å². The molecule has 0 saturated carbocycles. The Kier molecular flexibility index (Phi) is 6.22. The second-order valence-corrected chi connectivity index (χ2v) is 4.32. The number of carbonyl (C=O) groups excluding carboxylic acids is 2. The largest absolute Gasteiger partial charge is 0.481 e. The molecular formula is C14H18N2O4. The van der Waals surface area contributed by atoms with E-state index in [1.54, 1.807) is 0 Å². The lowest BCUT2D eigenvalue weighted by Gasteiger charge is -2.17. The number of likely N-dealkylation sites (N-methyl/N-ethyl adjacent to an activating group) is 1. The number of hydrogen-bond acceptors (Lipinski definition) is 3. The van der Waals surface area contributed by atoms with Crippen molar-refractivity contribution in [2.75, 3.05) is 7.05 Å². The number of nitrogens with one attached hydrogen (secondary N) is 2. The minimum atomic E-state index is -1.04. The van der Waals surface area contributed by atoms with Crippen molar-refractivity contribution in [3.8, 4) is 0 Å². The van der Waals surface area contributed by atoms with Crippen molar-refractivity contribution < 1.29 is 19.5 Å². The summed E-state index contributed by atoms with van der Waals surface area (Å²) in [6.07, 6.45) is -0.0332. The molecule has 0 aromatic heterocycles. The van der Waals surface area contributed by atoms with E-state index in [4.69, 9.17) is 5.11 Å². The summed E-state index contributed by atoms with van der Waals surface area (Å²) >= 11 is 0. The summed E-state index contributed by atoms with van der Waals surface area (Å²) in [7, 11) is 1.49. The first-order valence-electron chi connectivity index (χ1n) is 6.29. The Morgan fingerprint density at radius 2 is 1.80 bits per heavy atom. The zero-order valence-electron chi connectivity index (χ0n) is 11.3. The molecule has 1 aromatic rings. The number of benzene rings is 1. The van der Waals surface area contributed by atoms with Gasteiger partial charge in [0.05, 0.1) is 6.42 Å². The summed E-state index contributed by atoms with van der Waals surface area (Å²) in [6.45, 7) is 0. The molecule has 0 bridgehead atoms. The molecule has 0 aliphatic carbocycles. The SMILES string of the molecule is CNC(=O)C(Cc1ccccc1)NC(=O)CCC(=O)O. The Bertz CT molecular complexity index is 473. The highest BCUT2D eigenvalue weighted by Gasteiger charge is 2.20. The van der Waals surface area contributed by atoms with Gasteiger partial charge < -0.3 is 15.7 Å². The number of amides is 2. The molecular weight excluding hydrogens is 260 g/mol. The standard InChI is InChI=1S/C14H18N2O4/c1-15-14(20)11(9-10-5-3-2-4-6-10)16-12(17)7-8-13(18)19/h2-6,11H,7-9H2,1H3,(H,15,20)(H,16,17)(H,18,19). The van der Waals surface area contributed by atoms with Gasteiger partial charge in [-0.3, -0.25) is 14.4 Å². The van der Waals surface area contributed by atoms with Crippen LogP contribution in [0, 0.1) is 0 Å². The first-order chi connectivity index (χ1) is 9.52. The minimum absolute atomic E-state index is 0.141. The fourth-order valence-corrected chi connectivity index (χ4v) is 1.72. The van der Waals surface area contributed by atoms with Gasteiger partial charge in [0.1, 0.15) is 6.04 Å². The summed E-state index contributed by atoms with van der Waals surface area (Å²) in [5.74, 6) is -1.80. The number of rotatable bonds is 7. The van der Waals surface area contributed by atoms with Gasteiger partial charge in [-0.15, -0.1) is 0 Å². The first-order valence-corrected chi connectivity index (χ1v) is 6.29. The van der Waals surface area contributed by atoms with E-state index < -0.39 is 17.9 Å². The quantitative estimate of drug-likeness (QED) is 0.669. The second-order valence-electron chi connectivity index (χ2n) is 4.32. The van der Waals surface area contributed by atoms with Gasteiger partial charge in [-0.05, 0) is 5.56 Å². The van der Waals surface area contributed by atoms with Gasteiger partial charge in [0.2, 0.25) is 11.8 Å². The zero-order chi connectivity index (χ0) is 15.0. The zero-order valence-corrected chi connectivity index (χ0v) is 11.3. The first kappa shape index (κ1) is 15.7. The molecule has 1 atom stereocenters. The highest BCUT2D eigenvalue weighted by atomic mass is 16.4. The van der Waals surface area contributed by atoms with E-state index in [0.29, 0.717) is 6.42 Å². The number of carboxylic acid groups (broad SMARTS) is 1. The Morgan fingerprint density at radius 1 is 1.15 bits per heavy atom. The van der Waals surface area contributed by atoms with Crippen LogP contribution in [0.15, 0.2) is 30.3 Å². The molecule has 6 heteroatoms. The van der Waals surface area contributed by atoms with Crippen LogP contribution in [0.2, 0.25) is 0 Å². The molecule has 0 saturated heterocycles. The van der Waals surface area contributed by atoms with Crippen LogP contribution in [-0.4, -0.2) is 36.0 Å². The molecule has 108 valence electrons. The third-order valence-corrected chi connectivity index (χ3v) is 2.75. The number of aliphatic carboxylic acids is 1.